The van der Waals surface area contributed by atoms with Crippen LogP contribution in [0.5, 0.6) is 0 Å². The number of hydrogen-bond acceptors (Lipinski definition) is 4. The Bertz CT molecular complexity index is 658. The molecule has 7 heteroatoms. The first-order chi connectivity index (χ1) is 12.2. The van der Waals surface area contributed by atoms with E-state index in [0.717, 1.165) is 36.7 Å². The van der Waals surface area contributed by atoms with Gasteiger partial charge in [0.2, 0.25) is 5.89 Å². The first-order valence-corrected chi connectivity index (χ1v) is 10.1. The van der Waals surface area contributed by atoms with Crippen molar-refractivity contribution in [2.45, 2.75) is 33.2 Å². The molecule has 2 rings (SSSR count). The van der Waals surface area contributed by atoms with Gasteiger partial charge in [0, 0.05) is 18.7 Å². The molecule has 26 heavy (non-hydrogen) atoms. The summed E-state index contributed by atoms with van der Waals surface area (Å²) >= 11 is 1.89. The van der Waals surface area contributed by atoms with E-state index in [4.69, 9.17) is 4.42 Å². The van der Waals surface area contributed by atoms with Crippen LogP contribution in [0.3, 0.4) is 0 Å². The second-order valence-electron chi connectivity index (χ2n) is 5.83. The summed E-state index contributed by atoms with van der Waals surface area (Å²) in [4.78, 5) is 9.12. The van der Waals surface area contributed by atoms with E-state index in [0.29, 0.717) is 12.4 Å². The van der Waals surface area contributed by atoms with Crippen LogP contribution in [0.4, 0.5) is 0 Å². The minimum absolute atomic E-state index is 0. The van der Waals surface area contributed by atoms with Gasteiger partial charge in [-0.3, -0.25) is 0 Å². The van der Waals surface area contributed by atoms with E-state index in [-0.39, 0.29) is 24.0 Å². The van der Waals surface area contributed by atoms with Crippen molar-refractivity contribution in [2.75, 3.05) is 25.1 Å². The summed E-state index contributed by atoms with van der Waals surface area (Å²) in [5, 5.41) is 6.63. The molecule has 1 heterocycles. The van der Waals surface area contributed by atoms with E-state index in [1.807, 2.05) is 23.9 Å². The minimum Gasteiger partial charge on any atom is -0.444 e. The van der Waals surface area contributed by atoms with Gasteiger partial charge >= 0.3 is 0 Å². The summed E-state index contributed by atoms with van der Waals surface area (Å²) in [5.74, 6) is 2.67. The lowest BCUT2D eigenvalue weighted by Crippen LogP contribution is -2.37. The number of hydrogen-bond donors (Lipinski definition) is 2. The number of nitrogens with one attached hydrogen (secondary N) is 2. The van der Waals surface area contributed by atoms with Crippen LogP contribution in [-0.2, 0) is 6.54 Å². The molecule has 144 valence electrons. The molecule has 2 aromatic rings. The number of rotatable bonds is 9. The lowest BCUT2D eigenvalue weighted by Gasteiger charge is -2.10. The zero-order valence-electron chi connectivity index (χ0n) is 15.7. The number of aliphatic imine (C=N–C) groups is 1. The second kappa shape index (κ2) is 13.0. The van der Waals surface area contributed by atoms with Crippen molar-refractivity contribution in [3.8, 4) is 11.5 Å². The third kappa shape index (κ3) is 7.99. The summed E-state index contributed by atoms with van der Waals surface area (Å²) in [6.07, 6.45) is 6.19. The topological polar surface area (TPSA) is 62.5 Å². The summed E-state index contributed by atoms with van der Waals surface area (Å²) in [5.41, 5.74) is 3.04. The highest BCUT2D eigenvalue weighted by molar-refractivity contribution is 14.0. The Morgan fingerprint density at radius 1 is 1.19 bits per heavy atom. The van der Waals surface area contributed by atoms with E-state index in [2.05, 4.69) is 52.8 Å². The van der Waals surface area contributed by atoms with Crippen LogP contribution < -0.4 is 10.6 Å². The van der Waals surface area contributed by atoms with Gasteiger partial charge in [0.15, 0.2) is 5.96 Å². The smallest absolute Gasteiger partial charge is 0.226 e. The predicted octanol–water partition coefficient (Wildman–Crippen LogP) is 4.47. The van der Waals surface area contributed by atoms with Gasteiger partial charge in [0.1, 0.15) is 12.0 Å². The highest BCUT2D eigenvalue weighted by Gasteiger charge is 2.06. The Morgan fingerprint density at radius 3 is 2.65 bits per heavy atom. The molecule has 0 bridgehead atoms. The molecule has 2 N–H and O–H groups in total. The summed E-state index contributed by atoms with van der Waals surface area (Å²) in [7, 11) is 0. The highest BCUT2D eigenvalue weighted by Crippen LogP contribution is 2.19. The number of halogens is 1. The van der Waals surface area contributed by atoms with Gasteiger partial charge in [-0.05, 0) is 50.8 Å². The van der Waals surface area contributed by atoms with E-state index in [9.17, 15) is 0 Å². The van der Waals surface area contributed by atoms with Crippen molar-refractivity contribution in [2.24, 2.45) is 4.99 Å². The van der Waals surface area contributed by atoms with Gasteiger partial charge in [-0.25, -0.2) is 9.98 Å². The molecule has 0 aliphatic carbocycles. The van der Waals surface area contributed by atoms with Crippen molar-refractivity contribution >= 4 is 41.7 Å². The van der Waals surface area contributed by atoms with Crippen molar-refractivity contribution in [1.29, 1.82) is 0 Å². The SMILES string of the molecule is CCNC(=NCc1coc(-c2ccc(C)cc2)n1)NCCCCSC.I. The summed E-state index contributed by atoms with van der Waals surface area (Å²) in [6.45, 7) is 6.39. The molecule has 0 fully saturated rings. The Labute approximate surface area is 177 Å². The number of unbranched alkanes of at least 4 members (excludes halogenated alkanes) is 1. The number of nitrogens with zero attached hydrogens (tertiary/aromatic N) is 2. The number of oxazole rings is 1. The quantitative estimate of drug-likeness (QED) is 0.236. The van der Waals surface area contributed by atoms with E-state index in [1.54, 1.807) is 6.26 Å². The number of thioether (sulfide) groups is 1. The van der Waals surface area contributed by atoms with Gasteiger partial charge in [-0.2, -0.15) is 11.8 Å². The van der Waals surface area contributed by atoms with Crippen LogP contribution in [0, 0.1) is 6.92 Å². The largest absolute Gasteiger partial charge is 0.444 e. The van der Waals surface area contributed by atoms with Crippen LogP contribution in [0.25, 0.3) is 11.5 Å². The molecule has 1 aromatic heterocycles. The third-order valence-corrected chi connectivity index (χ3v) is 4.36. The molecule has 0 saturated carbocycles. The molecule has 0 spiro atoms. The maximum atomic E-state index is 5.58. The summed E-state index contributed by atoms with van der Waals surface area (Å²) < 4.78 is 5.58. The number of benzene rings is 1. The van der Waals surface area contributed by atoms with Crippen LogP contribution >= 0.6 is 35.7 Å². The lowest BCUT2D eigenvalue weighted by atomic mass is 10.1. The number of guanidine groups is 1. The molecule has 0 unspecified atom stereocenters. The van der Waals surface area contributed by atoms with Gasteiger partial charge in [-0.15, -0.1) is 24.0 Å². The van der Waals surface area contributed by atoms with E-state index < -0.39 is 0 Å². The Balaban J connectivity index is 0.00000338. The molecule has 1 aromatic carbocycles. The van der Waals surface area contributed by atoms with Crippen LogP contribution in [-0.4, -0.2) is 36.0 Å². The fourth-order valence-corrected chi connectivity index (χ4v) is 2.78. The lowest BCUT2D eigenvalue weighted by molar-refractivity contribution is 0.572. The molecular weight excluding hydrogens is 459 g/mol. The zero-order chi connectivity index (χ0) is 17.9. The Hall–Kier alpha value is -1.22. The van der Waals surface area contributed by atoms with Crippen molar-refractivity contribution in [1.82, 2.24) is 15.6 Å². The minimum atomic E-state index is 0. The van der Waals surface area contributed by atoms with Gasteiger partial charge < -0.3 is 15.1 Å². The molecule has 0 atom stereocenters. The monoisotopic (exact) mass is 488 g/mol. The molecule has 0 saturated heterocycles. The van der Waals surface area contributed by atoms with Gasteiger partial charge in [-0.1, -0.05) is 17.7 Å². The second-order valence-corrected chi connectivity index (χ2v) is 6.82. The fourth-order valence-electron chi connectivity index (χ4n) is 2.29. The Morgan fingerprint density at radius 2 is 1.96 bits per heavy atom. The zero-order valence-corrected chi connectivity index (χ0v) is 18.9. The molecule has 0 aliphatic heterocycles. The van der Waals surface area contributed by atoms with Gasteiger partial charge in [0.25, 0.3) is 0 Å². The van der Waals surface area contributed by atoms with Crippen LogP contribution in [0.1, 0.15) is 31.0 Å². The summed E-state index contributed by atoms with van der Waals surface area (Å²) in [6, 6.07) is 8.16. The van der Waals surface area contributed by atoms with Crippen molar-refractivity contribution < 1.29 is 4.42 Å². The van der Waals surface area contributed by atoms with E-state index in [1.165, 1.54) is 17.7 Å². The molecule has 0 aliphatic rings. The highest BCUT2D eigenvalue weighted by atomic mass is 127. The molecule has 5 nitrogen and oxygen atoms in total. The Kier molecular flexibility index (Phi) is 11.4. The fraction of sp³-hybridized carbons (Fsp3) is 0.474. The van der Waals surface area contributed by atoms with E-state index >= 15 is 0 Å². The molecular formula is C19H29IN4OS. The van der Waals surface area contributed by atoms with Gasteiger partial charge in [0.05, 0.1) is 6.54 Å². The van der Waals surface area contributed by atoms with Crippen molar-refractivity contribution in [3.63, 3.8) is 0 Å². The first-order valence-electron chi connectivity index (χ1n) is 8.75. The van der Waals surface area contributed by atoms with Crippen LogP contribution in [0.2, 0.25) is 0 Å². The molecule has 0 radical (unpaired) electrons. The predicted molar refractivity (Wildman–Crippen MR) is 123 cm³/mol. The average Bonchev–Trinajstić information content (AvgIpc) is 3.09. The number of aryl methyl sites for hydroxylation is 1. The average molecular weight is 488 g/mol. The number of aromatic nitrogens is 1. The first kappa shape index (κ1) is 22.8. The third-order valence-electron chi connectivity index (χ3n) is 3.66. The van der Waals surface area contributed by atoms with Crippen LogP contribution in [0.15, 0.2) is 39.9 Å². The standard InChI is InChI=1S/C19H28N4OS.HI/c1-4-20-19(21-11-5-6-12-25-3)22-13-17-14-24-18(23-17)16-9-7-15(2)8-10-16;/h7-10,14H,4-6,11-13H2,1-3H3,(H2,20,21,22);1H. The maximum absolute atomic E-state index is 5.58. The molecule has 0 amide bonds. The maximum Gasteiger partial charge on any atom is 0.226 e. The van der Waals surface area contributed by atoms with Crippen molar-refractivity contribution in [3.05, 3.63) is 41.8 Å². The normalized spacial score (nSPS) is 11.1.